The second-order valence-corrected chi connectivity index (χ2v) is 26.1. The third kappa shape index (κ3) is 31.2. The van der Waals surface area contributed by atoms with Crippen LogP contribution in [-0.4, -0.2) is 206 Å². The number of nitrogens with zero attached hydrogens (tertiary/aromatic N) is 8. The molecule has 0 radical (unpaired) electrons. The minimum absolute atomic E-state index is 0.00606. The number of aromatic nitrogens is 2. The molecule has 516 valence electrons. The number of nitrogens with one attached hydrogen (secondary N) is 5. The first-order chi connectivity index (χ1) is 44.5. The molecule has 0 bridgehead atoms. The summed E-state index contributed by atoms with van der Waals surface area (Å²) < 4.78 is 92.6. The van der Waals surface area contributed by atoms with E-state index in [2.05, 4.69) is 72.1 Å². The van der Waals surface area contributed by atoms with Crippen LogP contribution in [0, 0.1) is 17.8 Å². The maximum Gasteiger partial charge on any atom is 0.490 e. The Morgan fingerprint density at radius 2 is 1.56 bits per heavy atom. The number of carbonyl (C=O) groups is 5. The quantitative estimate of drug-likeness (QED) is 0.00865. The number of benzene rings is 1. The topological polar surface area (TPSA) is 538 Å². The van der Waals surface area contributed by atoms with Crippen LogP contribution in [0.2, 0.25) is 0 Å². The number of urea groups is 1. The third-order valence-corrected chi connectivity index (χ3v) is 18.8. The molecule has 2 saturated heterocycles. The SMILES string of the molecule is [N-]=[N+]=NCOC1C[C@H](n2cc(C#CCNC(=O)COCCOC(COc3cccc(C(=O)NCCCC(=O)CCOCCOCCOCCOCCNC(=O)CCCCC4SCC5NC(=O)NC54)c3)N=[N+]=[N-])c(N)nc2=O)C[C@@H]1COP(=O)(O)OP(=O)(O)OP(=O)(O)O. The zero-order valence-corrected chi connectivity index (χ0v) is 53.9. The molecule has 1 aliphatic carbocycles. The van der Waals surface area contributed by atoms with E-state index in [4.69, 9.17) is 69.0 Å². The van der Waals surface area contributed by atoms with E-state index in [1.54, 1.807) is 18.2 Å². The van der Waals surface area contributed by atoms with Crippen molar-refractivity contribution in [1.82, 2.24) is 36.1 Å². The number of nitrogen functional groups attached to an aromatic ring is 1. The number of anilines is 1. The van der Waals surface area contributed by atoms with Crippen LogP contribution in [0.3, 0.4) is 0 Å². The van der Waals surface area contributed by atoms with Gasteiger partial charge >= 0.3 is 35.2 Å². The number of phosphoric acid groups is 3. The van der Waals surface area contributed by atoms with Gasteiger partial charge in [-0.1, -0.05) is 34.6 Å². The van der Waals surface area contributed by atoms with Crippen LogP contribution >= 0.6 is 35.2 Å². The van der Waals surface area contributed by atoms with Crippen LogP contribution in [0.1, 0.15) is 79.8 Å². The van der Waals surface area contributed by atoms with Crippen LogP contribution in [0.4, 0.5) is 10.6 Å². The molecule has 1 saturated carbocycles. The Morgan fingerprint density at radius 1 is 0.828 bits per heavy atom. The molecule has 3 heterocycles. The Balaban J connectivity index is 0.858. The predicted octanol–water partition coefficient (Wildman–Crippen LogP) is 2.37. The van der Waals surface area contributed by atoms with Gasteiger partial charge in [-0.15, -0.1) is 0 Å². The fourth-order valence-corrected chi connectivity index (χ4v) is 13.9. The van der Waals surface area contributed by atoms with E-state index in [1.807, 2.05) is 11.8 Å². The normalized spacial score (nSPS) is 19.8. The Kier molecular flexibility index (Phi) is 34.6. The van der Waals surface area contributed by atoms with Gasteiger partial charge < -0.3 is 89.8 Å². The lowest BCUT2D eigenvalue weighted by molar-refractivity contribution is -0.126. The summed E-state index contributed by atoms with van der Waals surface area (Å²) in [6.45, 7) is 1.01. The number of nitrogens with two attached hydrogens (primary N) is 1. The van der Waals surface area contributed by atoms with Gasteiger partial charge in [0.1, 0.15) is 37.3 Å². The minimum atomic E-state index is -5.81. The Labute approximate surface area is 537 Å². The number of carbonyl (C=O) groups excluding carboxylic acids is 5. The highest BCUT2D eigenvalue weighted by Crippen LogP contribution is 2.66. The molecule has 9 atom stereocenters. The molecule has 11 N–H and O–H groups in total. The van der Waals surface area contributed by atoms with Crippen molar-refractivity contribution in [3.63, 3.8) is 0 Å². The second kappa shape index (κ2) is 41.5. The summed E-state index contributed by atoms with van der Waals surface area (Å²) >= 11 is 1.87. The van der Waals surface area contributed by atoms with Crippen molar-refractivity contribution in [3.8, 4) is 17.6 Å². The molecular formula is C51H77N14O24P3S. The standard InChI is InChI=1S/C51H77N14O24P3S/c52-48-36(29-65(51(71)61-48)38-26-37(42(28-38)86-34-58-63-53)30-87-91(75,76)89-92(77,78)88-90(72,73)74)7-4-13-55-45(68)31-83-24-25-84-46(62-64-54)32-85-40-9-3-6-35(27-40)49(69)57-14-5-8-39(66)12-16-79-18-20-81-22-23-82-21-19-80-17-15-56-44(67)11-2-1-10-43-47-41(33-93-43)59-50(70)60-47/h3,6,9,27,29,37-38,41-43,46-47H,1-2,5,8,10-26,28,30-34H2,(H,55,68)(H,56,67)(H,57,69)(H,75,76)(H,77,78)(H2,52,61,71)(H2,59,60,70)(H2,72,73,74)/t37-,38-,41?,42?,43?,46?,47?/m1/s1. The summed E-state index contributed by atoms with van der Waals surface area (Å²) in [5.41, 5.74) is 23.2. The number of fused-ring (bicyclic) bond motifs is 1. The summed E-state index contributed by atoms with van der Waals surface area (Å²) in [6.07, 6.45) is 3.17. The van der Waals surface area contributed by atoms with Gasteiger partial charge in [-0.3, -0.25) is 28.3 Å². The first kappa shape index (κ1) is 77.4. The molecule has 1 aromatic carbocycles. The molecule has 38 nitrogen and oxygen atoms in total. The van der Waals surface area contributed by atoms with Gasteiger partial charge in [0, 0.05) is 76.9 Å². The lowest BCUT2D eigenvalue weighted by atomic mass is 10.0. The van der Waals surface area contributed by atoms with Crippen LogP contribution in [0.15, 0.2) is 45.5 Å². The molecule has 42 heteroatoms. The molecular weight excluding hydrogens is 1320 g/mol. The van der Waals surface area contributed by atoms with Gasteiger partial charge in [0.05, 0.1) is 103 Å². The lowest BCUT2D eigenvalue weighted by Crippen LogP contribution is -2.36. The van der Waals surface area contributed by atoms with Crippen molar-refractivity contribution in [2.75, 3.05) is 124 Å². The lowest BCUT2D eigenvalue weighted by Gasteiger charge is -2.21. The molecule has 3 aliphatic rings. The number of rotatable bonds is 47. The largest absolute Gasteiger partial charge is 0.491 e. The van der Waals surface area contributed by atoms with E-state index in [9.17, 15) is 52.2 Å². The number of thioether (sulfide) groups is 1. The van der Waals surface area contributed by atoms with Gasteiger partial charge in [-0.2, -0.15) is 25.4 Å². The van der Waals surface area contributed by atoms with Crippen molar-refractivity contribution in [1.29, 1.82) is 0 Å². The average Bonchev–Trinajstić information content (AvgIpc) is 1.73. The van der Waals surface area contributed by atoms with Crippen molar-refractivity contribution < 1.29 is 108 Å². The molecule has 2 aliphatic heterocycles. The number of hydrogen-bond acceptors (Lipinski definition) is 25. The van der Waals surface area contributed by atoms with Crippen molar-refractivity contribution in [2.24, 2.45) is 16.1 Å². The van der Waals surface area contributed by atoms with E-state index in [0.29, 0.717) is 70.9 Å². The summed E-state index contributed by atoms with van der Waals surface area (Å²) in [7, 11) is -17.0. The zero-order chi connectivity index (χ0) is 67.5. The van der Waals surface area contributed by atoms with Gasteiger partial charge in [0.25, 0.3) is 5.91 Å². The molecule has 5 rings (SSSR count). The highest BCUT2D eigenvalue weighted by atomic mass is 32.2. The first-order valence-electron chi connectivity index (χ1n) is 29.1. The van der Waals surface area contributed by atoms with Gasteiger partial charge in [-0.05, 0) is 61.4 Å². The number of hydrogen-bond donors (Lipinski definition) is 10. The number of azide groups is 2. The molecule has 93 heavy (non-hydrogen) atoms. The third-order valence-electron chi connectivity index (χ3n) is 13.5. The van der Waals surface area contributed by atoms with Gasteiger partial charge in [0.2, 0.25) is 11.8 Å². The molecule has 2 aromatic rings. The summed E-state index contributed by atoms with van der Waals surface area (Å²) in [6, 6.07) is 5.74. The fourth-order valence-electron chi connectivity index (χ4n) is 9.25. The Hall–Kier alpha value is -6.29. The highest BCUT2D eigenvalue weighted by molar-refractivity contribution is 8.00. The number of ketones is 1. The molecule has 3 fully saturated rings. The number of phosphoric ester groups is 1. The van der Waals surface area contributed by atoms with Crippen LogP contribution < -0.4 is 42.7 Å². The van der Waals surface area contributed by atoms with Crippen LogP contribution in [0.25, 0.3) is 20.9 Å². The number of amides is 5. The average molecular weight is 1400 g/mol. The van der Waals surface area contributed by atoms with E-state index < -0.39 is 85.2 Å². The van der Waals surface area contributed by atoms with Crippen LogP contribution in [-0.2, 0) is 74.4 Å². The predicted molar refractivity (Wildman–Crippen MR) is 326 cm³/mol. The number of Topliss-reactive ketones (excluding diaryl/α,β-unsaturated/α-hetero) is 1. The minimum Gasteiger partial charge on any atom is -0.491 e. The van der Waals surface area contributed by atoms with E-state index in [1.165, 1.54) is 12.3 Å². The fraction of sp³-hybridized carbons (Fsp3) is 0.667. The smallest absolute Gasteiger partial charge is 0.490 e. The summed E-state index contributed by atoms with van der Waals surface area (Å²) in [5, 5.41) is 21.3. The summed E-state index contributed by atoms with van der Waals surface area (Å²) in [5.74, 6) is 4.39. The monoisotopic (exact) mass is 1390 g/mol. The molecule has 7 unspecified atom stereocenters. The Bertz CT molecular complexity index is 3150. The van der Waals surface area contributed by atoms with E-state index in [0.717, 1.165) is 29.6 Å². The molecule has 1 aromatic heterocycles. The first-order valence-corrected chi connectivity index (χ1v) is 34.7. The van der Waals surface area contributed by atoms with Crippen LogP contribution in [0.5, 0.6) is 5.75 Å². The Morgan fingerprint density at radius 3 is 2.29 bits per heavy atom. The van der Waals surface area contributed by atoms with E-state index >= 15 is 0 Å². The van der Waals surface area contributed by atoms with Crippen molar-refractivity contribution in [2.45, 2.75) is 93.5 Å². The van der Waals surface area contributed by atoms with Gasteiger partial charge in [0.15, 0.2) is 6.23 Å². The second-order valence-electron chi connectivity index (χ2n) is 20.4. The van der Waals surface area contributed by atoms with Crippen molar-refractivity contribution >= 4 is 70.6 Å². The zero-order valence-electron chi connectivity index (χ0n) is 50.4. The van der Waals surface area contributed by atoms with Gasteiger partial charge in [-0.25, -0.2) is 23.3 Å². The summed E-state index contributed by atoms with van der Waals surface area (Å²) in [4.78, 5) is 120. The highest BCUT2D eigenvalue weighted by Gasteiger charge is 2.44. The number of unbranched alkanes of at least 4 members (excludes halogenated alkanes) is 1. The molecule has 0 spiro atoms. The van der Waals surface area contributed by atoms with Crippen molar-refractivity contribution in [3.05, 3.63) is 73.0 Å². The van der Waals surface area contributed by atoms with E-state index in [-0.39, 0.29) is 118 Å². The maximum absolute atomic E-state index is 13.0. The molecule has 5 amide bonds. The number of ether oxygens (including phenoxy) is 8. The maximum atomic E-state index is 13.0.